The highest BCUT2D eigenvalue weighted by atomic mass is 32.1. The number of nitrogens with zero attached hydrogens (tertiary/aromatic N) is 4. The molecule has 0 amide bonds. The molecule has 0 spiro atoms. The molecule has 1 aromatic carbocycles. The van der Waals surface area contributed by atoms with Crippen LogP contribution < -0.4 is 9.64 Å². The van der Waals surface area contributed by atoms with Crippen LogP contribution in [0.5, 0.6) is 5.75 Å². The summed E-state index contributed by atoms with van der Waals surface area (Å²) in [6.45, 7) is 6.20. The van der Waals surface area contributed by atoms with Gasteiger partial charge in [0, 0.05) is 44.3 Å². The summed E-state index contributed by atoms with van der Waals surface area (Å²) >= 11 is 1.74. The van der Waals surface area contributed by atoms with Crippen molar-refractivity contribution in [2.75, 3.05) is 44.2 Å². The van der Waals surface area contributed by atoms with Crippen molar-refractivity contribution in [3.8, 4) is 11.8 Å². The monoisotopic (exact) mass is 354 g/mol. The van der Waals surface area contributed by atoms with Gasteiger partial charge in [-0.2, -0.15) is 5.26 Å². The molecule has 0 radical (unpaired) electrons. The Hall–Kier alpha value is -2.10. The molecule has 2 fully saturated rings. The number of benzene rings is 1. The van der Waals surface area contributed by atoms with Crippen LogP contribution in [0.25, 0.3) is 0 Å². The molecule has 5 nitrogen and oxygen atoms in total. The van der Waals surface area contributed by atoms with Crippen molar-refractivity contribution in [2.24, 2.45) is 11.8 Å². The minimum absolute atomic E-state index is 0.668. The Bertz CT molecular complexity index is 711. The molecule has 1 aromatic heterocycles. The number of piperidine rings is 2. The molecule has 2 unspecified atom stereocenters. The summed E-state index contributed by atoms with van der Waals surface area (Å²) in [6.07, 6.45) is 3.24. The molecule has 2 bridgehead atoms. The van der Waals surface area contributed by atoms with Gasteiger partial charge in [-0.05, 0) is 42.5 Å². The third-order valence-electron chi connectivity index (χ3n) is 5.01. The first-order valence-corrected chi connectivity index (χ1v) is 9.68. The van der Waals surface area contributed by atoms with Crippen LogP contribution in [0, 0.1) is 23.2 Å². The summed E-state index contributed by atoms with van der Waals surface area (Å²) in [7, 11) is 0. The second-order valence-corrected chi connectivity index (χ2v) is 7.80. The van der Waals surface area contributed by atoms with Crippen LogP contribution in [-0.4, -0.2) is 49.2 Å². The van der Waals surface area contributed by atoms with Gasteiger partial charge >= 0.3 is 0 Å². The predicted molar refractivity (Wildman–Crippen MR) is 99.0 cm³/mol. The minimum atomic E-state index is 0.668. The topological polar surface area (TPSA) is 52.4 Å². The van der Waals surface area contributed by atoms with Gasteiger partial charge in [0.15, 0.2) is 5.13 Å². The van der Waals surface area contributed by atoms with Gasteiger partial charge < -0.3 is 9.64 Å². The normalized spacial score (nSPS) is 23.2. The lowest BCUT2D eigenvalue weighted by Crippen LogP contribution is -2.53. The fourth-order valence-electron chi connectivity index (χ4n) is 4.02. The van der Waals surface area contributed by atoms with Crippen molar-refractivity contribution in [1.82, 2.24) is 9.88 Å². The molecule has 130 valence electrons. The minimum Gasteiger partial charge on any atom is -0.492 e. The van der Waals surface area contributed by atoms with Crippen LogP contribution in [-0.2, 0) is 0 Å². The Kier molecular flexibility index (Phi) is 4.86. The molecular formula is C19H22N4OS. The number of thiazole rings is 1. The Morgan fingerprint density at radius 2 is 1.92 bits per heavy atom. The van der Waals surface area contributed by atoms with E-state index in [0.717, 1.165) is 50.3 Å². The molecule has 6 heteroatoms. The number of fused-ring (bicyclic) bond motifs is 2. The highest BCUT2D eigenvalue weighted by Crippen LogP contribution is 2.32. The zero-order valence-corrected chi connectivity index (χ0v) is 15.0. The number of hydrogen-bond acceptors (Lipinski definition) is 6. The lowest BCUT2D eigenvalue weighted by Gasteiger charge is -2.45. The Morgan fingerprint density at radius 3 is 2.56 bits per heavy atom. The molecule has 2 aromatic rings. The zero-order chi connectivity index (χ0) is 17.1. The molecule has 0 N–H and O–H groups in total. The van der Waals surface area contributed by atoms with Gasteiger partial charge in [0.25, 0.3) is 0 Å². The van der Waals surface area contributed by atoms with Gasteiger partial charge in [-0.3, -0.25) is 4.90 Å². The summed E-state index contributed by atoms with van der Waals surface area (Å²) in [4.78, 5) is 9.48. The van der Waals surface area contributed by atoms with Gasteiger partial charge in [-0.1, -0.05) is 0 Å². The Morgan fingerprint density at radius 1 is 1.16 bits per heavy atom. The molecular weight excluding hydrogens is 332 g/mol. The Labute approximate surface area is 152 Å². The van der Waals surface area contributed by atoms with E-state index in [4.69, 9.17) is 10.00 Å². The lowest BCUT2D eigenvalue weighted by atomic mass is 9.85. The summed E-state index contributed by atoms with van der Waals surface area (Å²) in [5, 5.41) is 12.1. The standard InChI is InChI=1S/C19H22N4OS/c20-10-15-1-3-18(4-2-15)24-7-6-22-11-16-9-17(12-22)14-23(13-16)19-21-5-8-25-19/h1-5,8,16-17H,6-7,9,11-14H2. The van der Waals surface area contributed by atoms with Crippen LogP contribution >= 0.6 is 11.3 Å². The number of hydrogen-bond donors (Lipinski definition) is 0. The van der Waals surface area contributed by atoms with E-state index in [1.807, 2.05) is 18.3 Å². The summed E-state index contributed by atoms with van der Waals surface area (Å²) < 4.78 is 5.84. The van der Waals surface area contributed by atoms with Crippen LogP contribution in [0.3, 0.4) is 0 Å². The Balaban J connectivity index is 1.26. The van der Waals surface area contributed by atoms with Gasteiger partial charge in [0.1, 0.15) is 12.4 Å². The zero-order valence-electron chi connectivity index (χ0n) is 14.2. The van der Waals surface area contributed by atoms with E-state index < -0.39 is 0 Å². The van der Waals surface area contributed by atoms with Gasteiger partial charge in [0.2, 0.25) is 0 Å². The van der Waals surface area contributed by atoms with E-state index in [-0.39, 0.29) is 0 Å². The fraction of sp³-hybridized carbons (Fsp3) is 0.474. The van der Waals surface area contributed by atoms with Crippen LogP contribution in [0.4, 0.5) is 5.13 Å². The van der Waals surface area contributed by atoms with E-state index in [1.54, 1.807) is 23.5 Å². The third-order valence-corrected chi connectivity index (χ3v) is 5.84. The van der Waals surface area contributed by atoms with Crippen molar-refractivity contribution in [1.29, 1.82) is 5.26 Å². The van der Waals surface area contributed by atoms with E-state index in [1.165, 1.54) is 11.6 Å². The second-order valence-electron chi connectivity index (χ2n) is 6.93. The van der Waals surface area contributed by atoms with Crippen molar-refractivity contribution in [2.45, 2.75) is 6.42 Å². The lowest BCUT2D eigenvalue weighted by molar-refractivity contribution is 0.0945. The highest BCUT2D eigenvalue weighted by Gasteiger charge is 2.34. The number of anilines is 1. The summed E-state index contributed by atoms with van der Waals surface area (Å²) in [6, 6.07) is 9.47. The first-order chi connectivity index (χ1) is 12.3. The smallest absolute Gasteiger partial charge is 0.185 e. The van der Waals surface area contributed by atoms with Crippen LogP contribution in [0.2, 0.25) is 0 Å². The summed E-state index contributed by atoms with van der Waals surface area (Å²) in [5.74, 6) is 2.30. The molecule has 2 aliphatic heterocycles. The third kappa shape index (κ3) is 3.94. The van der Waals surface area contributed by atoms with Crippen LogP contribution in [0.15, 0.2) is 35.8 Å². The van der Waals surface area contributed by atoms with Crippen molar-refractivity contribution in [3.05, 3.63) is 41.4 Å². The highest BCUT2D eigenvalue weighted by molar-refractivity contribution is 7.13. The number of rotatable bonds is 5. The molecule has 0 aliphatic carbocycles. The molecule has 2 saturated heterocycles. The maximum absolute atomic E-state index is 8.83. The van der Waals surface area contributed by atoms with E-state index in [9.17, 15) is 0 Å². The maximum Gasteiger partial charge on any atom is 0.185 e. The average molecular weight is 354 g/mol. The van der Waals surface area contributed by atoms with Gasteiger partial charge in [-0.15, -0.1) is 11.3 Å². The van der Waals surface area contributed by atoms with E-state index in [0.29, 0.717) is 12.2 Å². The molecule has 2 atom stereocenters. The number of ether oxygens (including phenoxy) is 1. The SMILES string of the molecule is N#Cc1ccc(OCCN2CC3CC(C2)CN(c2nccs2)C3)cc1. The largest absolute Gasteiger partial charge is 0.492 e. The van der Waals surface area contributed by atoms with Gasteiger partial charge in [0.05, 0.1) is 11.6 Å². The van der Waals surface area contributed by atoms with Gasteiger partial charge in [-0.25, -0.2) is 4.98 Å². The summed E-state index contributed by atoms with van der Waals surface area (Å²) in [5.41, 5.74) is 0.668. The van der Waals surface area contributed by atoms with Crippen molar-refractivity contribution >= 4 is 16.5 Å². The van der Waals surface area contributed by atoms with E-state index in [2.05, 4.69) is 26.2 Å². The maximum atomic E-state index is 8.83. The molecule has 2 aliphatic rings. The quantitative estimate of drug-likeness (QED) is 0.826. The number of nitriles is 1. The van der Waals surface area contributed by atoms with Crippen molar-refractivity contribution < 1.29 is 4.74 Å². The molecule has 25 heavy (non-hydrogen) atoms. The second kappa shape index (κ2) is 7.42. The van der Waals surface area contributed by atoms with E-state index >= 15 is 0 Å². The van der Waals surface area contributed by atoms with Crippen LogP contribution in [0.1, 0.15) is 12.0 Å². The first kappa shape index (κ1) is 16.4. The average Bonchev–Trinajstić information content (AvgIpc) is 3.16. The molecule has 4 rings (SSSR count). The number of aromatic nitrogens is 1. The molecule has 0 saturated carbocycles. The predicted octanol–water partition coefficient (Wildman–Crippen LogP) is 2.85. The molecule has 3 heterocycles. The first-order valence-electron chi connectivity index (χ1n) is 8.80. The number of likely N-dealkylation sites (tertiary alicyclic amines) is 1. The van der Waals surface area contributed by atoms with Crippen molar-refractivity contribution in [3.63, 3.8) is 0 Å². The fourth-order valence-corrected chi connectivity index (χ4v) is 4.68.